The molecule has 0 bridgehead atoms. The van der Waals surface area contributed by atoms with E-state index in [0.717, 1.165) is 22.6 Å². The first-order valence-electron chi connectivity index (χ1n) is 7.86. The Morgan fingerprint density at radius 3 is 2.12 bits per heavy atom. The van der Waals surface area contributed by atoms with Gasteiger partial charge < -0.3 is 10.1 Å². The second kappa shape index (κ2) is 8.88. The van der Waals surface area contributed by atoms with Crippen LogP contribution in [0.2, 0.25) is 20.1 Å². The largest absolute Gasteiger partial charge is 0.489 e. The minimum atomic E-state index is 0.316. The molecule has 0 spiro atoms. The molecular formula is C20H15Cl4NO. The van der Waals surface area contributed by atoms with E-state index < -0.39 is 0 Å². The number of ether oxygens (including phenoxy) is 1. The Morgan fingerprint density at radius 1 is 0.769 bits per heavy atom. The Bertz CT molecular complexity index is 877. The lowest BCUT2D eigenvalue weighted by atomic mass is 10.2. The minimum Gasteiger partial charge on any atom is -0.489 e. The lowest BCUT2D eigenvalue weighted by Crippen LogP contribution is -2.01. The van der Waals surface area contributed by atoms with Gasteiger partial charge in [-0.2, -0.15) is 0 Å². The van der Waals surface area contributed by atoms with Gasteiger partial charge in [0.25, 0.3) is 0 Å². The van der Waals surface area contributed by atoms with Crippen molar-refractivity contribution in [3.05, 3.63) is 91.9 Å². The molecule has 0 fully saturated rings. The maximum Gasteiger partial charge on any atom is 0.119 e. The van der Waals surface area contributed by atoms with Gasteiger partial charge in [0.05, 0.1) is 10.7 Å². The van der Waals surface area contributed by atoms with Gasteiger partial charge in [-0.3, -0.25) is 0 Å². The number of benzene rings is 3. The lowest BCUT2D eigenvalue weighted by molar-refractivity contribution is 0.306. The van der Waals surface area contributed by atoms with Gasteiger partial charge in [0.2, 0.25) is 0 Å². The van der Waals surface area contributed by atoms with E-state index in [1.807, 2.05) is 36.4 Å². The number of halogens is 4. The van der Waals surface area contributed by atoms with Crippen molar-refractivity contribution in [2.45, 2.75) is 13.2 Å². The van der Waals surface area contributed by atoms with Gasteiger partial charge in [0.15, 0.2) is 0 Å². The van der Waals surface area contributed by atoms with Crippen LogP contribution in [0.25, 0.3) is 0 Å². The molecule has 134 valence electrons. The first kappa shape index (κ1) is 19.2. The fourth-order valence-electron chi connectivity index (χ4n) is 2.36. The highest BCUT2D eigenvalue weighted by Gasteiger charge is 2.06. The highest BCUT2D eigenvalue weighted by molar-refractivity contribution is 6.36. The van der Waals surface area contributed by atoms with Crippen molar-refractivity contribution < 1.29 is 4.74 Å². The molecule has 6 heteroatoms. The normalized spacial score (nSPS) is 10.6. The van der Waals surface area contributed by atoms with Crippen LogP contribution in [0.15, 0.2) is 60.7 Å². The lowest BCUT2D eigenvalue weighted by Gasteiger charge is -2.11. The third-order valence-corrected chi connectivity index (χ3v) is 5.04. The molecule has 2 nitrogen and oxygen atoms in total. The van der Waals surface area contributed by atoms with Crippen molar-refractivity contribution in [3.8, 4) is 5.75 Å². The highest BCUT2D eigenvalue weighted by Crippen LogP contribution is 2.27. The predicted octanol–water partition coefficient (Wildman–Crippen LogP) is 7.49. The average molecular weight is 427 g/mol. The number of rotatable bonds is 6. The SMILES string of the molecule is Clc1ccc(NCc2ccc(OCc3c(Cl)cccc3Cl)cc2)c(Cl)c1. The topological polar surface area (TPSA) is 21.3 Å². The molecule has 0 saturated heterocycles. The fourth-order valence-corrected chi connectivity index (χ4v) is 3.34. The quantitative estimate of drug-likeness (QED) is 0.440. The van der Waals surface area contributed by atoms with Crippen molar-refractivity contribution in [1.82, 2.24) is 0 Å². The molecule has 0 aliphatic carbocycles. The summed E-state index contributed by atoms with van der Waals surface area (Å²) < 4.78 is 5.78. The average Bonchev–Trinajstić information content (AvgIpc) is 2.62. The van der Waals surface area contributed by atoms with Crippen LogP contribution >= 0.6 is 46.4 Å². The van der Waals surface area contributed by atoms with Crippen LogP contribution in [0.5, 0.6) is 5.75 Å². The molecule has 0 saturated carbocycles. The summed E-state index contributed by atoms with van der Waals surface area (Å²) in [4.78, 5) is 0. The molecule has 3 rings (SSSR count). The summed E-state index contributed by atoms with van der Waals surface area (Å²) in [5.41, 5.74) is 2.71. The summed E-state index contributed by atoms with van der Waals surface area (Å²) in [5, 5.41) is 5.68. The molecule has 0 unspecified atom stereocenters. The van der Waals surface area contributed by atoms with Crippen LogP contribution in [0.3, 0.4) is 0 Å². The summed E-state index contributed by atoms with van der Waals surface area (Å²) in [6, 6.07) is 18.6. The molecule has 1 N–H and O–H groups in total. The summed E-state index contributed by atoms with van der Waals surface area (Å²) in [6.45, 7) is 0.953. The number of hydrogen-bond acceptors (Lipinski definition) is 2. The van der Waals surface area contributed by atoms with Gasteiger partial charge in [0, 0.05) is 27.2 Å². The van der Waals surface area contributed by atoms with Crippen LogP contribution in [0, 0.1) is 0 Å². The second-order valence-corrected chi connectivity index (χ2v) is 7.27. The number of nitrogens with one attached hydrogen (secondary N) is 1. The zero-order valence-corrected chi connectivity index (χ0v) is 16.6. The molecule has 0 aromatic heterocycles. The highest BCUT2D eigenvalue weighted by atomic mass is 35.5. The van der Waals surface area contributed by atoms with Crippen molar-refractivity contribution in [1.29, 1.82) is 0 Å². The summed E-state index contributed by atoms with van der Waals surface area (Å²) in [6.07, 6.45) is 0. The van der Waals surface area contributed by atoms with E-state index in [-0.39, 0.29) is 0 Å². The zero-order chi connectivity index (χ0) is 18.5. The van der Waals surface area contributed by atoms with Crippen LogP contribution < -0.4 is 10.1 Å². The van der Waals surface area contributed by atoms with E-state index in [1.165, 1.54) is 0 Å². The van der Waals surface area contributed by atoms with Crippen LogP contribution in [-0.4, -0.2) is 0 Å². The van der Waals surface area contributed by atoms with Crippen molar-refractivity contribution >= 4 is 52.1 Å². The predicted molar refractivity (Wildman–Crippen MR) is 111 cm³/mol. The number of anilines is 1. The van der Waals surface area contributed by atoms with Gasteiger partial charge in [-0.05, 0) is 48.0 Å². The summed E-state index contributed by atoms with van der Waals surface area (Å²) in [7, 11) is 0. The van der Waals surface area contributed by atoms with Gasteiger partial charge in [0.1, 0.15) is 12.4 Å². The zero-order valence-electron chi connectivity index (χ0n) is 13.6. The maximum atomic E-state index is 6.16. The van der Waals surface area contributed by atoms with E-state index in [4.69, 9.17) is 51.1 Å². The fraction of sp³-hybridized carbons (Fsp3) is 0.100. The first-order valence-corrected chi connectivity index (χ1v) is 9.37. The Hall–Kier alpha value is -1.58. The Kier molecular flexibility index (Phi) is 6.55. The van der Waals surface area contributed by atoms with Gasteiger partial charge >= 0.3 is 0 Å². The van der Waals surface area contributed by atoms with Gasteiger partial charge in [-0.1, -0.05) is 64.6 Å². The van der Waals surface area contributed by atoms with E-state index in [2.05, 4.69) is 5.32 Å². The van der Waals surface area contributed by atoms with Crippen LogP contribution in [-0.2, 0) is 13.2 Å². The molecule has 0 radical (unpaired) electrons. The molecule has 3 aromatic rings. The second-order valence-electron chi connectivity index (χ2n) is 5.61. The van der Waals surface area contributed by atoms with Crippen molar-refractivity contribution in [2.24, 2.45) is 0 Å². The van der Waals surface area contributed by atoms with Crippen molar-refractivity contribution in [2.75, 3.05) is 5.32 Å². The smallest absolute Gasteiger partial charge is 0.119 e. The molecule has 26 heavy (non-hydrogen) atoms. The molecule has 0 amide bonds. The Labute approximate surface area is 172 Å². The third-order valence-electron chi connectivity index (χ3n) is 3.78. The first-order chi connectivity index (χ1) is 12.5. The van der Waals surface area contributed by atoms with Gasteiger partial charge in [-0.25, -0.2) is 0 Å². The standard InChI is InChI=1S/C20H15Cl4NO/c21-14-6-9-20(19(24)10-14)25-11-13-4-7-15(8-5-13)26-12-16-17(22)2-1-3-18(16)23/h1-10,25H,11-12H2. The van der Waals surface area contributed by atoms with Crippen LogP contribution in [0.1, 0.15) is 11.1 Å². The van der Waals surface area contributed by atoms with E-state index >= 15 is 0 Å². The molecule has 0 aliphatic heterocycles. The van der Waals surface area contributed by atoms with Gasteiger partial charge in [-0.15, -0.1) is 0 Å². The summed E-state index contributed by atoms with van der Waals surface area (Å²) >= 11 is 24.4. The maximum absolute atomic E-state index is 6.16. The van der Waals surface area contributed by atoms with E-state index in [9.17, 15) is 0 Å². The third kappa shape index (κ3) is 4.99. The van der Waals surface area contributed by atoms with Crippen molar-refractivity contribution in [3.63, 3.8) is 0 Å². The van der Waals surface area contributed by atoms with Crippen LogP contribution in [0.4, 0.5) is 5.69 Å². The Balaban J connectivity index is 1.58. The molecular weight excluding hydrogens is 412 g/mol. The Morgan fingerprint density at radius 2 is 1.46 bits per heavy atom. The number of hydrogen-bond donors (Lipinski definition) is 1. The monoisotopic (exact) mass is 425 g/mol. The van der Waals surface area contributed by atoms with E-state index in [0.29, 0.717) is 33.2 Å². The molecule has 0 heterocycles. The minimum absolute atomic E-state index is 0.316. The molecule has 0 aliphatic rings. The van der Waals surface area contributed by atoms with E-state index in [1.54, 1.807) is 24.3 Å². The summed E-state index contributed by atoms with van der Waals surface area (Å²) in [5.74, 6) is 0.745. The molecule has 0 atom stereocenters. The molecule has 3 aromatic carbocycles.